The van der Waals surface area contributed by atoms with Gasteiger partial charge in [-0.15, -0.1) is 0 Å². The van der Waals surface area contributed by atoms with Gasteiger partial charge in [0.2, 0.25) is 0 Å². The van der Waals surface area contributed by atoms with Crippen LogP contribution in [0.1, 0.15) is 49.4 Å². The highest BCUT2D eigenvalue weighted by molar-refractivity contribution is 6.35. The van der Waals surface area contributed by atoms with Crippen molar-refractivity contribution in [2.24, 2.45) is 5.41 Å². The van der Waals surface area contributed by atoms with Crippen molar-refractivity contribution < 1.29 is 9.53 Å². The van der Waals surface area contributed by atoms with E-state index in [1.54, 1.807) is 6.07 Å². The van der Waals surface area contributed by atoms with Gasteiger partial charge in [0.25, 0.3) is 0 Å². The summed E-state index contributed by atoms with van der Waals surface area (Å²) < 4.78 is 6.31. The highest BCUT2D eigenvalue weighted by Crippen LogP contribution is 2.53. The Hall–Kier alpha value is -3.27. The van der Waals surface area contributed by atoms with E-state index in [1.807, 2.05) is 42.5 Å². The van der Waals surface area contributed by atoms with Crippen molar-refractivity contribution in [2.75, 3.05) is 5.32 Å². The molecule has 4 aromatic rings. The van der Waals surface area contributed by atoms with Gasteiger partial charge in [0.1, 0.15) is 12.4 Å². The van der Waals surface area contributed by atoms with E-state index in [1.165, 1.54) is 0 Å². The first-order valence-corrected chi connectivity index (χ1v) is 13.3. The van der Waals surface area contributed by atoms with Crippen molar-refractivity contribution in [3.05, 3.63) is 111 Å². The average Bonchev–Trinajstić information content (AvgIpc) is 2.86. The number of fused-ring (bicyclic) bond motifs is 4. The number of halogens is 2. The predicted octanol–water partition coefficient (Wildman–Crippen LogP) is 9.04. The number of hydrogen-bond acceptors (Lipinski definition) is 3. The Labute approximate surface area is 227 Å². The number of carbonyl (C=O) groups is 1. The van der Waals surface area contributed by atoms with Crippen LogP contribution in [-0.4, -0.2) is 5.78 Å². The number of benzene rings is 4. The third kappa shape index (κ3) is 4.41. The van der Waals surface area contributed by atoms with Gasteiger partial charge in [-0.25, -0.2) is 0 Å². The molecule has 0 bridgehead atoms. The standard InChI is InChI=1S/C32H27Cl2NO2/c1-32(2)16-24-28-22-11-7-6-10-20(22)12-13-26(28)35-30(29(24)27(36)17-32)23-14-21(33)15-25(34)31(23)37-18-19-8-4-3-5-9-19/h3-15,30,35H,16-18H2,1-2H3/t30-/m0/s1. The van der Waals surface area contributed by atoms with E-state index in [2.05, 4.69) is 49.5 Å². The lowest BCUT2D eigenvalue weighted by Gasteiger charge is -2.40. The molecular formula is C32H27Cl2NO2. The molecular weight excluding hydrogens is 501 g/mol. The minimum atomic E-state index is -0.422. The molecule has 0 fully saturated rings. The zero-order valence-electron chi connectivity index (χ0n) is 20.8. The Kier molecular flexibility index (Phi) is 6.01. The summed E-state index contributed by atoms with van der Waals surface area (Å²) >= 11 is 13.2. The van der Waals surface area contributed by atoms with Crippen LogP contribution in [0.4, 0.5) is 5.69 Å². The van der Waals surface area contributed by atoms with Gasteiger partial charge in [0, 0.05) is 33.8 Å². The lowest BCUT2D eigenvalue weighted by atomic mass is 9.68. The Balaban J connectivity index is 1.54. The van der Waals surface area contributed by atoms with Gasteiger partial charge in [-0.3, -0.25) is 4.79 Å². The van der Waals surface area contributed by atoms with Crippen molar-refractivity contribution in [3.8, 4) is 5.75 Å². The molecule has 1 N–H and O–H groups in total. The fourth-order valence-corrected chi connectivity index (χ4v) is 6.31. The Morgan fingerprint density at radius 3 is 2.51 bits per heavy atom. The van der Waals surface area contributed by atoms with Gasteiger partial charge in [0.05, 0.1) is 11.1 Å². The van der Waals surface area contributed by atoms with Crippen LogP contribution in [0.25, 0.3) is 16.3 Å². The number of nitrogens with one attached hydrogen (secondary N) is 1. The maximum atomic E-state index is 13.8. The Bertz CT molecular complexity index is 1570. The van der Waals surface area contributed by atoms with Crippen LogP contribution >= 0.6 is 23.2 Å². The summed E-state index contributed by atoms with van der Waals surface area (Å²) in [5.74, 6) is 0.689. The molecule has 1 atom stereocenters. The maximum absolute atomic E-state index is 13.8. The third-order valence-electron chi connectivity index (χ3n) is 7.31. The second-order valence-electron chi connectivity index (χ2n) is 10.7. The van der Waals surface area contributed by atoms with E-state index in [4.69, 9.17) is 27.9 Å². The molecule has 5 heteroatoms. The van der Waals surface area contributed by atoms with Crippen LogP contribution in [0.5, 0.6) is 5.75 Å². The summed E-state index contributed by atoms with van der Waals surface area (Å²) in [6.45, 7) is 4.69. The first-order chi connectivity index (χ1) is 17.8. The second-order valence-corrected chi connectivity index (χ2v) is 11.5. The molecule has 0 amide bonds. The number of rotatable bonds is 4. The number of Topliss-reactive ketones (excluding diaryl/α,β-unsaturated/α-hetero) is 1. The van der Waals surface area contributed by atoms with Crippen LogP contribution in [0, 0.1) is 5.41 Å². The quantitative estimate of drug-likeness (QED) is 0.287. The number of ketones is 1. The minimum absolute atomic E-state index is 0.134. The van der Waals surface area contributed by atoms with Gasteiger partial charge < -0.3 is 10.1 Å². The number of anilines is 1. The molecule has 6 rings (SSSR count). The first-order valence-electron chi connectivity index (χ1n) is 12.5. The monoisotopic (exact) mass is 527 g/mol. The number of allylic oxidation sites excluding steroid dienone is 1. The summed E-state index contributed by atoms with van der Waals surface area (Å²) in [4.78, 5) is 13.8. The van der Waals surface area contributed by atoms with Gasteiger partial charge in [-0.05, 0) is 51.9 Å². The van der Waals surface area contributed by atoms with E-state index >= 15 is 0 Å². The molecule has 0 saturated heterocycles. The number of ether oxygens (including phenoxy) is 1. The molecule has 2 aliphatic rings. The van der Waals surface area contributed by atoms with Gasteiger partial charge >= 0.3 is 0 Å². The van der Waals surface area contributed by atoms with E-state index in [9.17, 15) is 4.79 Å². The highest BCUT2D eigenvalue weighted by atomic mass is 35.5. The maximum Gasteiger partial charge on any atom is 0.162 e. The van der Waals surface area contributed by atoms with Crippen LogP contribution in [0.2, 0.25) is 10.0 Å². The lowest BCUT2D eigenvalue weighted by molar-refractivity contribution is -0.118. The summed E-state index contributed by atoms with van der Waals surface area (Å²) in [5.41, 5.74) is 5.66. The van der Waals surface area contributed by atoms with E-state index in [0.717, 1.165) is 50.7 Å². The molecule has 0 unspecified atom stereocenters. The molecule has 0 aromatic heterocycles. The molecule has 4 aromatic carbocycles. The van der Waals surface area contributed by atoms with E-state index < -0.39 is 6.04 Å². The predicted molar refractivity (Wildman–Crippen MR) is 152 cm³/mol. The second kappa shape index (κ2) is 9.24. The van der Waals surface area contributed by atoms with Crippen LogP contribution in [-0.2, 0) is 11.4 Å². The lowest BCUT2D eigenvalue weighted by Crippen LogP contribution is -2.33. The molecule has 1 heterocycles. The number of hydrogen-bond donors (Lipinski definition) is 1. The molecule has 186 valence electrons. The zero-order valence-corrected chi connectivity index (χ0v) is 22.3. The smallest absolute Gasteiger partial charge is 0.162 e. The van der Waals surface area contributed by atoms with Crippen LogP contribution in [0.3, 0.4) is 0 Å². The van der Waals surface area contributed by atoms with E-state index in [-0.39, 0.29) is 11.2 Å². The molecule has 0 saturated carbocycles. The van der Waals surface area contributed by atoms with Crippen molar-refractivity contribution in [1.29, 1.82) is 0 Å². The van der Waals surface area contributed by atoms with Crippen LogP contribution < -0.4 is 10.1 Å². The Morgan fingerprint density at radius 1 is 0.946 bits per heavy atom. The molecule has 0 spiro atoms. The summed E-state index contributed by atoms with van der Waals surface area (Å²) in [5, 5.41) is 6.91. The largest absolute Gasteiger partial charge is 0.487 e. The zero-order chi connectivity index (χ0) is 25.7. The SMILES string of the molecule is CC1(C)CC(=O)C2=C(C1)c1c(ccc3ccccc13)N[C@H]2c1cc(Cl)cc(Cl)c1OCc1ccccc1. The third-order valence-corrected chi connectivity index (χ3v) is 7.81. The fraction of sp³-hybridized carbons (Fsp3) is 0.219. The molecule has 1 aliphatic carbocycles. The molecule has 37 heavy (non-hydrogen) atoms. The van der Waals surface area contributed by atoms with Gasteiger partial charge in [-0.1, -0.05) is 97.7 Å². The van der Waals surface area contributed by atoms with Gasteiger partial charge in [0.15, 0.2) is 5.78 Å². The summed E-state index contributed by atoms with van der Waals surface area (Å²) in [6.07, 6.45) is 1.29. The number of carbonyl (C=O) groups excluding carboxylic acids is 1. The van der Waals surface area contributed by atoms with Crippen molar-refractivity contribution in [2.45, 2.75) is 39.3 Å². The summed E-state index contributed by atoms with van der Waals surface area (Å²) in [7, 11) is 0. The topological polar surface area (TPSA) is 38.3 Å². The van der Waals surface area contributed by atoms with Crippen molar-refractivity contribution in [3.63, 3.8) is 0 Å². The van der Waals surface area contributed by atoms with Crippen molar-refractivity contribution >= 4 is 51.0 Å². The Morgan fingerprint density at radius 2 is 1.70 bits per heavy atom. The van der Waals surface area contributed by atoms with Crippen LogP contribution in [0.15, 0.2) is 84.4 Å². The fourth-order valence-electron chi connectivity index (χ4n) is 5.75. The normalized spacial score (nSPS) is 18.3. The summed E-state index contributed by atoms with van der Waals surface area (Å²) in [6, 6.07) is 25.7. The molecule has 0 radical (unpaired) electrons. The minimum Gasteiger partial charge on any atom is -0.487 e. The van der Waals surface area contributed by atoms with Gasteiger partial charge in [-0.2, -0.15) is 0 Å². The molecule has 1 aliphatic heterocycles. The average molecular weight is 528 g/mol. The highest BCUT2D eigenvalue weighted by Gasteiger charge is 2.41. The first kappa shape index (κ1) is 24.1. The molecule has 3 nitrogen and oxygen atoms in total. The van der Waals surface area contributed by atoms with E-state index in [0.29, 0.717) is 28.8 Å². The van der Waals surface area contributed by atoms with Crippen molar-refractivity contribution in [1.82, 2.24) is 0 Å².